The van der Waals surface area contributed by atoms with E-state index in [4.69, 9.17) is 9.47 Å². The number of rotatable bonds is 7. The summed E-state index contributed by atoms with van der Waals surface area (Å²) in [6.45, 7) is 7.61. The molecule has 8 heteroatoms. The predicted molar refractivity (Wildman–Crippen MR) is 94.0 cm³/mol. The number of hydrogen-bond donors (Lipinski definition) is 1. The van der Waals surface area contributed by atoms with Crippen molar-refractivity contribution in [3.63, 3.8) is 0 Å². The van der Waals surface area contributed by atoms with Crippen LogP contribution in [0.25, 0.3) is 0 Å². The molecule has 0 aromatic heterocycles. The van der Waals surface area contributed by atoms with E-state index < -0.39 is 16.1 Å². The Kier molecular flexibility index (Phi) is 6.80. The summed E-state index contributed by atoms with van der Waals surface area (Å²) in [5.41, 5.74) is 0. The summed E-state index contributed by atoms with van der Waals surface area (Å²) < 4.78 is 37.9. The molecule has 1 saturated heterocycles. The predicted octanol–water partition coefficient (Wildman–Crippen LogP) is 1.39. The molecule has 2 rings (SSSR count). The van der Waals surface area contributed by atoms with Crippen LogP contribution in [0.5, 0.6) is 5.75 Å². The third-order valence-electron chi connectivity index (χ3n) is 4.09. The van der Waals surface area contributed by atoms with Gasteiger partial charge in [-0.2, -0.15) is 0 Å². The number of morpholine rings is 1. The fourth-order valence-corrected chi connectivity index (χ4v) is 3.74. The molecule has 0 aliphatic carbocycles. The molecule has 1 aliphatic heterocycles. The molecule has 25 heavy (non-hydrogen) atoms. The van der Waals surface area contributed by atoms with Crippen LogP contribution in [0.2, 0.25) is 0 Å². The summed E-state index contributed by atoms with van der Waals surface area (Å²) in [7, 11) is -3.54. The first kappa shape index (κ1) is 19.7. The van der Waals surface area contributed by atoms with E-state index in [1.165, 1.54) is 12.1 Å². The van der Waals surface area contributed by atoms with Crippen LogP contribution < -0.4 is 9.46 Å². The molecule has 0 saturated carbocycles. The van der Waals surface area contributed by atoms with Crippen molar-refractivity contribution in [2.45, 2.75) is 44.2 Å². The molecule has 1 aromatic rings. The van der Waals surface area contributed by atoms with E-state index in [9.17, 15) is 13.2 Å². The summed E-state index contributed by atoms with van der Waals surface area (Å²) >= 11 is 0. The lowest BCUT2D eigenvalue weighted by molar-refractivity contribution is -0.142. The van der Waals surface area contributed by atoms with Crippen molar-refractivity contribution >= 4 is 15.9 Å². The van der Waals surface area contributed by atoms with E-state index in [1.54, 1.807) is 24.0 Å². The van der Waals surface area contributed by atoms with Gasteiger partial charge in [0.05, 0.1) is 18.1 Å². The Morgan fingerprint density at radius 2 is 1.84 bits per heavy atom. The third kappa shape index (κ3) is 5.42. The largest absolute Gasteiger partial charge is 0.481 e. The maximum atomic E-state index is 12.3. The highest BCUT2D eigenvalue weighted by Gasteiger charge is 2.24. The summed E-state index contributed by atoms with van der Waals surface area (Å²) in [6, 6.07) is 5.95. The Morgan fingerprint density at radius 3 is 2.40 bits per heavy atom. The third-order valence-corrected chi connectivity index (χ3v) is 5.69. The Labute approximate surface area is 149 Å². The number of carbonyl (C=O) groups is 1. The standard InChI is InChI=1S/C17H26N2O5S/c1-4-13(2)18-25(21,22)16-7-5-15(6-8-16)24-14(3)17(20)19-9-11-23-12-10-19/h5-8,13-14,18H,4,9-12H2,1-3H3/t13-,14-/m1/s1. The van der Waals surface area contributed by atoms with Crippen LogP contribution in [0.15, 0.2) is 29.2 Å². The Hall–Kier alpha value is -1.64. The first-order valence-electron chi connectivity index (χ1n) is 8.49. The van der Waals surface area contributed by atoms with Crippen molar-refractivity contribution in [1.29, 1.82) is 0 Å². The van der Waals surface area contributed by atoms with Gasteiger partial charge in [0.2, 0.25) is 10.0 Å². The molecule has 0 bridgehead atoms. The molecule has 0 unspecified atom stereocenters. The van der Waals surface area contributed by atoms with Gasteiger partial charge in [-0.25, -0.2) is 13.1 Å². The fourth-order valence-electron chi connectivity index (χ4n) is 2.41. The van der Waals surface area contributed by atoms with Crippen LogP contribution in [0, 0.1) is 0 Å². The van der Waals surface area contributed by atoms with E-state index in [0.717, 1.165) is 0 Å². The van der Waals surface area contributed by atoms with Crippen LogP contribution in [0.4, 0.5) is 0 Å². The smallest absolute Gasteiger partial charge is 0.263 e. The van der Waals surface area contributed by atoms with Gasteiger partial charge in [-0.05, 0) is 44.5 Å². The fraction of sp³-hybridized carbons (Fsp3) is 0.588. The molecule has 0 radical (unpaired) electrons. The molecule has 7 nitrogen and oxygen atoms in total. The number of benzene rings is 1. The lowest BCUT2D eigenvalue weighted by atomic mass is 10.3. The molecule has 1 amide bonds. The molecule has 2 atom stereocenters. The van der Waals surface area contributed by atoms with Gasteiger partial charge in [0.1, 0.15) is 5.75 Å². The average molecular weight is 370 g/mol. The maximum absolute atomic E-state index is 12.3. The molecule has 1 fully saturated rings. The minimum Gasteiger partial charge on any atom is -0.481 e. The molecular weight excluding hydrogens is 344 g/mol. The van der Waals surface area contributed by atoms with Crippen molar-refractivity contribution in [3.8, 4) is 5.75 Å². The summed E-state index contributed by atoms with van der Waals surface area (Å²) in [4.78, 5) is 14.2. The van der Waals surface area contributed by atoms with E-state index in [0.29, 0.717) is 38.5 Å². The number of nitrogens with zero attached hydrogens (tertiary/aromatic N) is 1. The van der Waals surface area contributed by atoms with Gasteiger partial charge in [-0.3, -0.25) is 4.79 Å². The molecule has 1 aliphatic rings. The number of sulfonamides is 1. The van der Waals surface area contributed by atoms with Crippen molar-refractivity contribution in [2.24, 2.45) is 0 Å². The van der Waals surface area contributed by atoms with Crippen molar-refractivity contribution < 1.29 is 22.7 Å². The quantitative estimate of drug-likeness (QED) is 0.784. The van der Waals surface area contributed by atoms with Crippen LogP contribution in [-0.2, 0) is 19.6 Å². The molecule has 1 N–H and O–H groups in total. The van der Waals surface area contributed by atoms with Gasteiger partial charge < -0.3 is 14.4 Å². The number of amides is 1. The van der Waals surface area contributed by atoms with Crippen LogP contribution in [-0.4, -0.2) is 57.7 Å². The highest BCUT2D eigenvalue weighted by atomic mass is 32.2. The van der Waals surface area contributed by atoms with Crippen molar-refractivity contribution in [2.75, 3.05) is 26.3 Å². The summed E-state index contributed by atoms with van der Waals surface area (Å²) in [5, 5.41) is 0. The Balaban J connectivity index is 1.98. The Morgan fingerprint density at radius 1 is 1.24 bits per heavy atom. The molecule has 140 valence electrons. The van der Waals surface area contributed by atoms with Crippen LogP contribution >= 0.6 is 0 Å². The number of ether oxygens (including phenoxy) is 2. The van der Waals surface area contributed by atoms with E-state index in [-0.39, 0.29) is 16.8 Å². The number of hydrogen-bond acceptors (Lipinski definition) is 5. The highest BCUT2D eigenvalue weighted by Crippen LogP contribution is 2.18. The van der Waals surface area contributed by atoms with Crippen molar-refractivity contribution in [3.05, 3.63) is 24.3 Å². The van der Waals surface area contributed by atoms with Gasteiger partial charge in [0.25, 0.3) is 5.91 Å². The lowest BCUT2D eigenvalue weighted by Crippen LogP contribution is -2.46. The second-order valence-corrected chi connectivity index (χ2v) is 7.81. The Bertz CT molecular complexity index is 669. The van der Waals surface area contributed by atoms with E-state index >= 15 is 0 Å². The number of nitrogens with one attached hydrogen (secondary N) is 1. The summed E-state index contributed by atoms with van der Waals surface area (Å²) in [5.74, 6) is 0.357. The zero-order valence-electron chi connectivity index (χ0n) is 14.9. The SMILES string of the molecule is CC[C@@H](C)NS(=O)(=O)c1ccc(O[C@H](C)C(=O)N2CCOCC2)cc1. The second kappa shape index (κ2) is 8.64. The van der Waals surface area contributed by atoms with Gasteiger partial charge in [-0.15, -0.1) is 0 Å². The molecular formula is C17H26N2O5S. The average Bonchev–Trinajstić information content (AvgIpc) is 2.61. The van der Waals surface area contributed by atoms with Gasteiger partial charge in [0.15, 0.2) is 6.10 Å². The zero-order chi connectivity index (χ0) is 18.4. The molecule has 0 spiro atoms. The highest BCUT2D eigenvalue weighted by molar-refractivity contribution is 7.89. The van der Waals surface area contributed by atoms with Crippen LogP contribution in [0.3, 0.4) is 0 Å². The number of carbonyl (C=O) groups excluding carboxylic acids is 1. The molecule has 1 aromatic carbocycles. The summed E-state index contributed by atoms with van der Waals surface area (Å²) in [6.07, 6.45) is 0.0699. The minimum absolute atomic E-state index is 0.0987. The lowest BCUT2D eigenvalue weighted by Gasteiger charge is -2.29. The van der Waals surface area contributed by atoms with Crippen molar-refractivity contribution in [1.82, 2.24) is 9.62 Å². The van der Waals surface area contributed by atoms with Gasteiger partial charge in [-0.1, -0.05) is 6.92 Å². The topological polar surface area (TPSA) is 84.9 Å². The van der Waals surface area contributed by atoms with Crippen LogP contribution in [0.1, 0.15) is 27.2 Å². The normalized spacial score (nSPS) is 17.8. The van der Waals surface area contributed by atoms with Gasteiger partial charge >= 0.3 is 0 Å². The monoisotopic (exact) mass is 370 g/mol. The first-order valence-corrected chi connectivity index (χ1v) is 9.97. The second-order valence-electron chi connectivity index (χ2n) is 6.10. The maximum Gasteiger partial charge on any atom is 0.263 e. The first-order chi connectivity index (χ1) is 11.8. The molecule has 1 heterocycles. The van der Waals surface area contributed by atoms with Gasteiger partial charge in [0, 0.05) is 19.1 Å². The minimum atomic E-state index is -3.54. The zero-order valence-corrected chi connectivity index (χ0v) is 15.7. The van der Waals surface area contributed by atoms with E-state index in [2.05, 4.69) is 4.72 Å². The van der Waals surface area contributed by atoms with E-state index in [1.807, 2.05) is 13.8 Å².